The van der Waals surface area contributed by atoms with Gasteiger partial charge in [-0.05, 0) is 32.1 Å². The number of carbonyl (C=O) groups excluding carboxylic acids is 1. The third-order valence-electron chi connectivity index (χ3n) is 5.60. The fraction of sp³-hybridized carbons (Fsp3) is 0.500. The van der Waals surface area contributed by atoms with Crippen LogP contribution in [0.2, 0.25) is 0 Å². The topological polar surface area (TPSA) is 103 Å². The number of nitrogen functional groups attached to an aromatic ring is 1. The molecule has 0 spiro atoms. The molecule has 1 fully saturated rings. The molecule has 1 saturated carbocycles. The summed E-state index contributed by atoms with van der Waals surface area (Å²) in [5, 5.41) is 11.7. The van der Waals surface area contributed by atoms with Gasteiger partial charge >= 0.3 is 0 Å². The van der Waals surface area contributed by atoms with E-state index in [4.69, 9.17) is 10.7 Å². The van der Waals surface area contributed by atoms with Crippen molar-refractivity contribution in [2.75, 3.05) is 12.3 Å². The quantitative estimate of drug-likeness (QED) is 0.707. The zero-order chi connectivity index (χ0) is 19.7. The van der Waals surface area contributed by atoms with Crippen LogP contribution in [0.3, 0.4) is 0 Å². The summed E-state index contributed by atoms with van der Waals surface area (Å²) >= 11 is 0. The molecule has 28 heavy (non-hydrogen) atoms. The van der Waals surface area contributed by atoms with Crippen molar-refractivity contribution >= 4 is 17.4 Å². The van der Waals surface area contributed by atoms with E-state index in [-0.39, 0.29) is 11.8 Å². The lowest BCUT2D eigenvalue weighted by Gasteiger charge is -2.27. The average molecular weight is 381 g/mol. The predicted octanol–water partition coefficient (Wildman–Crippen LogP) is 2.51. The van der Waals surface area contributed by atoms with Crippen molar-refractivity contribution in [3.05, 3.63) is 30.4 Å². The van der Waals surface area contributed by atoms with E-state index in [1.165, 1.54) is 0 Å². The molecule has 8 nitrogen and oxygen atoms in total. The Morgan fingerprint density at radius 3 is 2.71 bits per heavy atom. The molecule has 0 atom stereocenters. The smallest absolute Gasteiger partial charge is 0.223 e. The molecule has 1 aliphatic rings. The van der Waals surface area contributed by atoms with Crippen LogP contribution < -0.4 is 11.1 Å². The first kappa shape index (κ1) is 18.5. The number of fused-ring (bicyclic) bond motifs is 1. The second-order valence-corrected chi connectivity index (χ2v) is 7.64. The summed E-state index contributed by atoms with van der Waals surface area (Å²) in [7, 11) is 1.89. The van der Waals surface area contributed by atoms with E-state index in [0.717, 1.165) is 61.1 Å². The molecule has 8 heteroatoms. The van der Waals surface area contributed by atoms with Gasteiger partial charge in [-0.1, -0.05) is 6.92 Å². The summed E-state index contributed by atoms with van der Waals surface area (Å²) in [6.45, 7) is 2.82. The number of anilines is 1. The van der Waals surface area contributed by atoms with Crippen LogP contribution in [0.5, 0.6) is 0 Å². The lowest BCUT2D eigenvalue weighted by atomic mass is 9.80. The number of carbonyl (C=O) groups is 1. The molecule has 0 bridgehead atoms. The molecule has 0 saturated heterocycles. The molecule has 148 valence electrons. The maximum atomic E-state index is 12.2. The molecule has 3 heterocycles. The standard InChI is InChI=1S/C20H27N7O/c1-3-8-22-20(28)14-6-4-13(5-7-14)17-9-18(21)27-19(25-17)16(11-24-27)15-10-23-26(2)12-15/h9-14H,3-8,21H2,1-2H3,(H,22,28). The van der Waals surface area contributed by atoms with Gasteiger partial charge in [-0.2, -0.15) is 14.7 Å². The zero-order valence-corrected chi connectivity index (χ0v) is 16.4. The SMILES string of the molecule is CCCNC(=O)C1CCC(c2cc(N)n3ncc(-c4cnn(C)c4)c3n2)CC1. The number of hydrogen-bond donors (Lipinski definition) is 2. The van der Waals surface area contributed by atoms with E-state index in [0.29, 0.717) is 11.7 Å². The fourth-order valence-electron chi connectivity index (χ4n) is 4.02. The molecular formula is C20H27N7O. The Hall–Kier alpha value is -2.90. The summed E-state index contributed by atoms with van der Waals surface area (Å²) < 4.78 is 3.44. The number of hydrogen-bond acceptors (Lipinski definition) is 5. The number of amides is 1. The molecule has 3 aromatic heterocycles. The third-order valence-corrected chi connectivity index (χ3v) is 5.60. The minimum absolute atomic E-state index is 0.116. The average Bonchev–Trinajstić information content (AvgIpc) is 3.32. The van der Waals surface area contributed by atoms with Crippen LogP contribution in [-0.4, -0.2) is 36.8 Å². The van der Waals surface area contributed by atoms with E-state index in [1.54, 1.807) is 15.4 Å². The van der Waals surface area contributed by atoms with E-state index < -0.39 is 0 Å². The first-order valence-corrected chi connectivity index (χ1v) is 9.97. The van der Waals surface area contributed by atoms with Crippen molar-refractivity contribution in [1.29, 1.82) is 0 Å². The minimum atomic E-state index is 0.116. The number of nitrogens with one attached hydrogen (secondary N) is 1. The van der Waals surface area contributed by atoms with Crippen molar-refractivity contribution in [3.8, 4) is 11.1 Å². The Balaban J connectivity index is 1.56. The highest BCUT2D eigenvalue weighted by Crippen LogP contribution is 2.36. The maximum absolute atomic E-state index is 12.2. The van der Waals surface area contributed by atoms with Gasteiger partial charge in [0.05, 0.1) is 12.4 Å². The third kappa shape index (κ3) is 3.46. The van der Waals surface area contributed by atoms with Gasteiger partial charge in [0.15, 0.2) is 5.65 Å². The van der Waals surface area contributed by atoms with Crippen molar-refractivity contribution in [2.24, 2.45) is 13.0 Å². The molecule has 0 unspecified atom stereocenters. The molecule has 3 N–H and O–H groups in total. The van der Waals surface area contributed by atoms with Crippen molar-refractivity contribution in [1.82, 2.24) is 29.7 Å². The van der Waals surface area contributed by atoms with Gasteiger partial charge in [0, 0.05) is 54.5 Å². The Morgan fingerprint density at radius 2 is 2.04 bits per heavy atom. The van der Waals surface area contributed by atoms with Crippen molar-refractivity contribution < 1.29 is 4.79 Å². The van der Waals surface area contributed by atoms with Crippen molar-refractivity contribution in [3.63, 3.8) is 0 Å². The summed E-state index contributed by atoms with van der Waals surface area (Å²) in [4.78, 5) is 17.1. The van der Waals surface area contributed by atoms with E-state index in [2.05, 4.69) is 22.4 Å². The molecule has 1 aliphatic carbocycles. The molecule has 1 amide bonds. The molecule has 3 aromatic rings. The van der Waals surface area contributed by atoms with Crippen LogP contribution >= 0.6 is 0 Å². The molecule has 0 aliphatic heterocycles. The normalized spacial score (nSPS) is 19.8. The second-order valence-electron chi connectivity index (χ2n) is 7.64. The number of aryl methyl sites for hydroxylation is 1. The van der Waals surface area contributed by atoms with E-state index in [1.807, 2.05) is 25.5 Å². The monoisotopic (exact) mass is 381 g/mol. The van der Waals surface area contributed by atoms with Crippen LogP contribution in [0.1, 0.15) is 50.6 Å². The maximum Gasteiger partial charge on any atom is 0.223 e. The number of nitrogens with zero attached hydrogens (tertiary/aromatic N) is 5. The second kappa shape index (κ2) is 7.61. The number of aromatic nitrogens is 5. The van der Waals surface area contributed by atoms with Crippen molar-refractivity contribution in [2.45, 2.75) is 44.9 Å². The number of rotatable bonds is 5. The van der Waals surface area contributed by atoms with Crippen LogP contribution in [0.15, 0.2) is 24.7 Å². The van der Waals surface area contributed by atoms with Gasteiger partial charge < -0.3 is 11.1 Å². The Labute approximate surface area is 164 Å². The highest BCUT2D eigenvalue weighted by Gasteiger charge is 2.28. The molecule has 4 rings (SSSR count). The van der Waals surface area contributed by atoms with E-state index in [9.17, 15) is 4.79 Å². The summed E-state index contributed by atoms with van der Waals surface area (Å²) in [6, 6.07) is 1.93. The lowest BCUT2D eigenvalue weighted by Crippen LogP contribution is -2.33. The zero-order valence-electron chi connectivity index (χ0n) is 16.4. The largest absolute Gasteiger partial charge is 0.384 e. The first-order valence-electron chi connectivity index (χ1n) is 9.97. The Bertz CT molecular complexity index is 982. The Kier molecular flexibility index (Phi) is 5.02. The van der Waals surface area contributed by atoms with Gasteiger partial charge in [0.2, 0.25) is 5.91 Å². The summed E-state index contributed by atoms with van der Waals surface area (Å²) in [5.74, 6) is 1.21. The van der Waals surface area contributed by atoms with Gasteiger partial charge in [-0.25, -0.2) is 4.98 Å². The molecule has 0 aromatic carbocycles. The van der Waals surface area contributed by atoms with Gasteiger partial charge in [0.25, 0.3) is 0 Å². The van der Waals surface area contributed by atoms with E-state index >= 15 is 0 Å². The van der Waals surface area contributed by atoms with Gasteiger partial charge in [-0.3, -0.25) is 9.48 Å². The highest BCUT2D eigenvalue weighted by atomic mass is 16.1. The number of nitrogens with two attached hydrogens (primary N) is 1. The summed E-state index contributed by atoms with van der Waals surface area (Å²) in [5.41, 5.74) is 9.91. The highest BCUT2D eigenvalue weighted by molar-refractivity contribution is 5.79. The predicted molar refractivity (Wildman–Crippen MR) is 108 cm³/mol. The van der Waals surface area contributed by atoms with Crippen LogP contribution in [-0.2, 0) is 11.8 Å². The minimum Gasteiger partial charge on any atom is -0.384 e. The molecular weight excluding hydrogens is 354 g/mol. The Morgan fingerprint density at radius 1 is 1.25 bits per heavy atom. The van der Waals surface area contributed by atoms with Crippen LogP contribution in [0.25, 0.3) is 16.8 Å². The van der Waals surface area contributed by atoms with Crippen LogP contribution in [0.4, 0.5) is 5.82 Å². The lowest BCUT2D eigenvalue weighted by molar-refractivity contribution is -0.126. The fourth-order valence-corrected chi connectivity index (χ4v) is 4.02. The van der Waals surface area contributed by atoms with Crippen LogP contribution in [0, 0.1) is 5.92 Å². The van der Waals surface area contributed by atoms with Gasteiger partial charge in [-0.15, -0.1) is 0 Å². The molecule has 0 radical (unpaired) electrons. The summed E-state index contributed by atoms with van der Waals surface area (Å²) in [6.07, 6.45) is 10.2. The first-order chi connectivity index (χ1) is 13.6. The van der Waals surface area contributed by atoms with Gasteiger partial charge in [0.1, 0.15) is 5.82 Å².